The summed E-state index contributed by atoms with van der Waals surface area (Å²) in [5.41, 5.74) is -0.122. The molecule has 0 fully saturated rings. The van der Waals surface area contributed by atoms with Crippen molar-refractivity contribution in [1.82, 2.24) is 5.54 Å². The quantitative estimate of drug-likeness (QED) is 0.237. The molecule has 32 heavy (non-hydrogen) atoms. The molecule has 0 heterocycles. The van der Waals surface area contributed by atoms with Gasteiger partial charge in [-0.2, -0.15) is 22.0 Å². The van der Waals surface area contributed by atoms with Crippen molar-refractivity contribution < 1.29 is 30.8 Å². The highest BCUT2D eigenvalue weighted by Crippen LogP contribution is 2.41. The van der Waals surface area contributed by atoms with Crippen LogP contribution < -0.4 is 5.54 Å². The highest BCUT2D eigenvalue weighted by atomic mass is 35.5. The van der Waals surface area contributed by atoms with Crippen molar-refractivity contribution in [3.05, 3.63) is 74.8 Å². The number of allylic oxidation sites excluding steroid dienone is 1. The number of benzene rings is 2. The third-order valence-electron chi connectivity index (χ3n) is 5.58. The van der Waals surface area contributed by atoms with Crippen LogP contribution in [0.3, 0.4) is 0 Å². The Bertz CT molecular complexity index is 975. The van der Waals surface area contributed by atoms with Gasteiger partial charge >= 0.3 is 12.2 Å². The van der Waals surface area contributed by atoms with Crippen LogP contribution in [0.1, 0.15) is 65.5 Å². The van der Waals surface area contributed by atoms with Gasteiger partial charge in [-0.05, 0) is 66.6 Å². The van der Waals surface area contributed by atoms with E-state index in [9.17, 15) is 30.8 Å². The van der Waals surface area contributed by atoms with E-state index in [0.717, 1.165) is 12.1 Å². The van der Waals surface area contributed by atoms with Gasteiger partial charge in [-0.1, -0.05) is 49.2 Å². The van der Waals surface area contributed by atoms with Gasteiger partial charge in [-0.25, -0.2) is 4.39 Å². The highest BCUT2D eigenvalue weighted by Gasteiger charge is 2.40. The molecule has 0 aliphatic rings. The molecule has 0 aliphatic carbocycles. The molecule has 2 atom stereocenters. The van der Waals surface area contributed by atoms with Gasteiger partial charge in [0.05, 0.1) is 0 Å². The summed E-state index contributed by atoms with van der Waals surface area (Å²) in [4.78, 5) is 0. The van der Waals surface area contributed by atoms with Crippen LogP contribution in [0.25, 0.3) is 5.83 Å². The predicted molar refractivity (Wildman–Crippen MR) is 112 cm³/mol. The molecule has 9 heteroatoms. The lowest BCUT2D eigenvalue weighted by molar-refractivity contribution is -0.139. The van der Waals surface area contributed by atoms with E-state index in [2.05, 4.69) is 0 Å². The van der Waals surface area contributed by atoms with Gasteiger partial charge in [-0.3, -0.25) is 0 Å². The van der Waals surface area contributed by atoms with Gasteiger partial charge in [-0.15, -0.1) is 4.48 Å². The molecule has 0 aliphatic heterocycles. The number of aryl methyl sites for hydroxylation is 1. The summed E-state index contributed by atoms with van der Waals surface area (Å²) < 4.78 is 97.2. The molecule has 0 bridgehead atoms. The summed E-state index contributed by atoms with van der Waals surface area (Å²) in [6.07, 6.45) is -4.12. The maximum absolute atomic E-state index is 14.9. The molecule has 0 aromatic heterocycles. The van der Waals surface area contributed by atoms with Crippen LogP contribution >= 0.6 is 11.6 Å². The standard InChI is InChI=1S/C23H23ClF7N/c1-5-12(2)17-7-6-15(9-19(17)23(29,30)32-31)21(25)11-18(22(26,27)28)16-8-13(3)14(4)20(24)10-16/h6-12,18,32H,5H2,1-4H3/b21-11-. The Morgan fingerprint density at radius 1 is 1.09 bits per heavy atom. The lowest BCUT2D eigenvalue weighted by Crippen LogP contribution is -2.29. The molecular formula is C23H23ClF7N. The fourth-order valence-corrected chi connectivity index (χ4v) is 3.60. The summed E-state index contributed by atoms with van der Waals surface area (Å²) in [6, 6.07) is 1.16. The fraction of sp³-hybridized carbons (Fsp3) is 0.391. The van der Waals surface area contributed by atoms with Crippen LogP contribution in [0.2, 0.25) is 5.02 Å². The van der Waals surface area contributed by atoms with Crippen molar-refractivity contribution in [2.75, 3.05) is 0 Å². The van der Waals surface area contributed by atoms with Gasteiger partial charge in [0.15, 0.2) is 0 Å². The summed E-state index contributed by atoms with van der Waals surface area (Å²) in [5, 5.41) is 0.0944. The molecule has 0 radical (unpaired) electrons. The van der Waals surface area contributed by atoms with E-state index in [0.29, 0.717) is 35.2 Å². The number of halogens is 8. The first kappa shape index (κ1) is 26.2. The number of hydrogen-bond donors (Lipinski definition) is 1. The van der Waals surface area contributed by atoms with Gasteiger partial charge < -0.3 is 0 Å². The van der Waals surface area contributed by atoms with Crippen LogP contribution in [-0.4, -0.2) is 6.18 Å². The zero-order chi connectivity index (χ0) is 24.4. The highest BCUT2D eigenvalue weighted by molar-refractivity contribution is 6.31. The van der Waals surface area contributed by atoms with Crippen LogP contribution in [-0.2, 0) is 6.05 Å². The second-order valence-electron chi connectivity index (χ2n) is 7.76. The second-order valence-corrected chi connectivity index (χ2v) is 8.17. The number of alkyl halides is 5. The van der Waals surface area contributed by atoms with E-state index >= 15 is 0 Å². The minimum Gasteiger partial charge on any atom is -0.207 e. The van der Waals surface area contributed by atoms with Crippen LogP contribution in [0.15, 0.2) is 36.4 Å². The van der Waals surface area contributed by atoms with Crippen molar-refractivity contribution in [3.63, 3.8) is 0 Å². The van der Waals surface area contributed by atoms with Gasteiger partial charge in [0.25, 0.3) is 0 Å². The van der Waals surface area contributed by atoms with E-state index in [1.54, 1.807) is 27.7 Å². The van der Waals surface area contributed by atoms with E-state index < -0.39 is 41.0 Å². The minimum absolute atomic E-state index is 0.0625. The Morgan fingerprint density at radius 2 is 1.72 bits per heavy atom. The molecule has 176 valence electrons. The number of hydrogen-bond acceptors (Lipinski definition) is 1. The van der Waals surface area contributed by atoms with E-state index in [1.807, 2.05) is 0 Å². The first-order valence-electron chi connectivity index (χ1n) is 9.84. The van der Waals surface area contributed by atoms with Gasteiger partial charge in [0, 0.05) is 16.1 Å². The Morgan fingerprint density at radius 3 is 2.22 bits per heavy atom. The average molecular weight is 482 g/mol. The van der Waals surface area contributed by atoms with Gasteiger partial charge in [0.2, 0.25) is 0 Å². The average Bonchev–Trinajstić information content (AvgIpc) is 2.73. The van der Waals surface area contributed by atoms with Crippen LogP contribution in [0, 0.1) is 13.8 Å². The summed E-state index contributed by atoms with van der Waals surface area (Å²) >= 11 is 6.01. The summed E-state index contributed by atoms with van der Waals surface area (Å²) in [7, 11) is 0. The van der Waals surface area contributed by atoms with Crippen molar-refractivity contribution in [1.29, 1.82) is 0 Å². The van der Waals surface area contributed by atoms with Crippen molar-refractivity contribution in [3.8, 4) is 0 Å². The van der Waals surface area contributed by atoms with Gasteiger partial charge in [0.1, 0.15) is 11.7 Å². The first-order chi connectivity index (χ1) is 14.7. The van der Waals surface area contributed by atoms with E-state index in [-0.39, 0.29) is 16.1 Å². The third kappa shape index (κ3) is 5.64. The Hall–Kier alpha value is -2.06. The third-order valence-corrected chi connectivity index (χ3v) is 5.97. The van der Waals surface area contributed by atoms with Crippen LogP contribution in [0.5, 0.6) is 0 Å². The number of rotatable bonds is 7. The zero-order valence-electron chi connectivity index (χ0n) is 17.8. The Balaban J connectivity index is 2.63. The molecule has 0 spiro atoms. The molecule has 2 rings (SSSR count). The topological polar surface area (TPSA) is 12.0 Å². The SMILES string of the molecule is CCC(C)c1ccc(/C(F)=C/C(c2cc(C)c(C)c(Cl)c2)C(F)(F)F)cc1C(F)(F)NF. The predicted octanol–water partition coefficient (Wildman–Crippen LogP) is 8.65. The largest absolute Gasteiger partial charge is 0.399 e. The van der Waals surface area contributed by atoms with E-state index in [4.69, 9.17) is 11.6 Å². The van der Waals surface area contributed by atoms with Crippen LogP contribution in [0.4, 0.5) is 30.8 Å². The second kappa shape index (κ2) is 9.83. The molecular weight excluding hydrogens is 459 g/mol. The summed E-state index contributed by atoms with van der Waals surface area (Å²) in [6.45, 7) is 6.57. The zero-order valence-corrected chi connectivity index (χ0v) is 18.6. The normalized spacial score (nSPS) is 15.1. The summed E-state index contributed by atoms with van der Waals surface area (Å²) in [5.74, 6) is -4.14. The first-order valence-corrected chi connectivity index (χ1v) is 10.2. The Kier molecular flexibility index (Phi) is 8.05. The Labute approximate surface area is 187 Å². The lowest BCUT2D eigenvalue weighted by atomic mass is 9.90. The smallest absolute Gasteiger partial charge is 0.207 e. The molecule has 2 unspecified atom stereocenters. The maximum atomic E-state index is 14.9. The molecule has 0 saturated carbocycles. The molecule has 0 saturated heterocycles. The maximum Gasteiger partial charge on any atom is 0.399 e. The molecule has 2 aromatic rings. The molecule has 0 amide bonds. The van der Waals surface area contributed by atoms with Crippen molar-refractivity contribution in [2.24, 2.45) is 0 Å². The fourth-order valence-electron chi connectivity index (χ4n) is 3.32. The number of nitrogens with one attached hydrogen (secondary N) is 1. The minimum atomic E-state index is -4.87. The van der Waals surface area contributed by atoms with Crippen molar-refractivity contribution in [2.45, 2.75) is 58.2 Å². The lowest BCUT2D eigenvalue weighted by Gasteiger charge is -2.22. The molecule has 1 N–H and O–H groups in total. The van der Waals surface area contributed by atoms with Crippen molar-refractivity contribution >= 4 is 17.4 Å². The van der Waals surface area contributed by atoms with E-state index in [1.165, 1.54) is 12.1 Å². The molecule has 2 aromatic carbocycles. The molecule has 1 nitrogen and oxygen atoms in total. The monoisotopic (exact) mass is 481 g/mol.